The van der Waals surface area contributed by atoms with Gasteiger partial charge < -0.3 is 11.1 Å². The van der Waals surface area contributed by atoms with Gasteiger partial charge in [0.1, 0.15) is 10.8 Å². The topological polar surface area (TPSA) is 55.1 Å². The summed E-state index contributed by atoms with van der Waals surface area (Å²) < 4.78 is 13.8. The maximum atomic E-state index is 13.8. The van der Waals surface area contributed by atoms with Crippen molar-refractivity contribution in [1.82, 2.24) is 5.32 Å². The molecule has 3 N–H and O–H groups in total. The second kappa shape index (κ2) is 6.45. The van der Waals surface area contributed by atoms with Crippen LogP contribution in [0.2, 0.25) is 0 Å². The van der Waals surface area contributed by atoms with Gasteiger partial charge in [0, 0.05) is 12.1 Å². The summed E-state index contributed by atoms with van der Waals surface area (Å²) in [6.07, 6.45) is 0. The summed E-state index contributed by atoms with van der Waals surface area (Å²) in [5, 5.41) is 2.69. The number of rotatable bonds is 4. The molecule has 108 valence electrons. The molecule has 3 nitrogen and oxygen atoms in total. The van der Waals surface area contributed by atoms with Crippen molar-refractivity contribution >= 4 is 23.1 Å². The monoisotopic (exact) mass is 302 g/mol. The Hall–Kier alpha value is -2.27. The van der Waals surface area contributed by atoms with Crippen LogP contribution in [-0.4, -0.2) is 10.9 Å². The third kappa shape index (κ3) is 3.64. The van der Waals surface area contributed by atoms with Crippen LogP contribution in [0.15, 0.2) is 42.5 Å². The Kier molecular flexibility index (Phi) is 4.65. The van der Waals surface area contributed by atoms with Gasteiger partial charge in [0.2, 0.25) is 0 Å². The Morgan fingerprint density at radius 3 is 2.52 bits per heavy atom. The Balaban J connectivity index is 2.04. The number of carbonyl (C=O) groups excluding carboxylic acids is 1. The molecule has 1 amide bonds. The van der Waals surface area contributed by atoms with Crippen molar-refractivity contribution in [3.63, 3.8) is 0 Å². The van der Waals surface area contributed by atoms with Gasteiger partial charge >= 0.3 is 0 Å². The van der Waals surface area contributed by atoms with E-state index in [0.29, 0.717) is 17.1 Å². The standard InChI is InChI=1S/C16H15FN2OS/c1-10-3-2-4-13(14(10)17)16(20)19-9-11-5-7-12(8-6-11)15(18)21/h2-8H,9H2,1H3,(H2,18,21)(H,19,20). The average Bonchev–Trinajstić information content (AvgIpc) is 2.48. The molecule has 2 aromatic rings. The van der Waals surface area contributed by atoms with Crippen molar-refractivity contribution in [1.29, 1.82) is 0 Å². The molecular weight excluding hydrogens is 287 g/mol. The van der Waals surface area contributed by atoms with E-state index in [1.807, 2.05) is 12.1 Å². The molecule has 0 aliphatic carbocycles. The highest BCUT2D eigenvalue weighted by atomic mass is 32.1. The number of amides is 1. The van der Waals surface area contributed by atoms with Crippen LogP contribution in [0.4, 0.5) is 4.39 Å². The third-order valence-corrected chi connectivity index (χ3v) is 3.36. The predicted molar refractivity (Wildman–Crippen MR) is 84.6 cm³/mol. The van der Waals surface area contributed by atoms with Gasteiger partial charge in [-0.1, -0.05) is 48.6 Å². The van der Waals surface area contributed by atoms with Crippen LogP contribution in [0.1, 0.15) is 27.0 Å². The molecule has 0 unspecified atom stereocenters. The van der Waals surface area contributed by atoms with Crippen LogP contribution in [0.3, 0.4) is 0 Å². The molecule has 2 aromatic carbocycles. The molecular formula is C16H15FN2OS. The third-order valence-electron chi connectivity index (χ3n) is 3.13. The van der Waals surface area contributed by atoms with Gasteiger partial charge in [-0.15, -0.1) is 0 Å². The fourth-order valence-electron chi connectivity index (χ4n) is 1.89. The first kappa shape index (κ1) is 15.1. The number of aryl methyl sites for hydroxylation is 1. The Bertz CT molecular complexity index is 683. The molecule has 0 aromatic heterocycles. The van der Waals surface area contributed by atoms with E-state index in [4.69, 9.17) is 18.0 Å². The van der Waals surface area contributed by atoms with Crippen molar-refractivity contribution in [3.8, 4) is 0 Å². The van der Waals surface area contributed by atoms with Crippen LogP contribution in [0.25, 0.3) is 0 Å². The lowest BCUT2D eigenvalue weighted by Gasteiger charge is -2.08. The lowest BCUT2D eigenvalue weighted by Crippen LogP contribution is -2.24. The van der Waals surface area contributed by atoms with Gasteiger partial charge in [-0.05, 0) is 24.1 Å². The highest BCUT2D eigenvalue weighted by Gasteiger charge is 2.12. The fraction of sp³-hybridized carbons (Fsp3) is 0.125. The molecule has 0 bridgehead atoms. The summed E-state index contributed by atoms with van der Waals surface area (Å²) in [6.45, 7) is 1.93. The first-order chi connectivity index (χ1) is 9.99. The zero-order valence-corrected chi connectivity index (χ0v) is 12.3. The van der Waals surface area contributed by atoms with E-state index in [2.05, 4.69) is 5.32 Å². The van der Waals surface area contributed by atoms with E-state index in [1.165, 1.54) is 6.07 Å². The number of carbonyl (C=O) groups is 1. The molecule has 0 spiro atoms. The quantitative estimate of drug-likeness (QED) is 0.854. The first-order valence-corrected chi connectivity index (χ1v) is 6.82. The molecule has 0 aliphatic rings. The van der Waals surface area contributed by atoms with Crippen molar-refractivity contribution in [3.05, 3.63) is 70.5 Å². The van der Waals surface area contributed by atoms with Crippen LogP contribution < -0.4 is 11.1 Å². The molecule has 0 fully saturated rings. The van der Waals surface area contributed by atoms with Gasteiger partial charge in [-0.2, -0.15) is 0 Å². The molecule has 2 rings (SSSR count). The lowest BCUT2D eigenvalue weighted by molar-refractivity contribution is 0.0946. The van der Waals surface area contributed by atoms with Crippen LogP contribution >= 0.6 is 12.2 Å². The maximum absolute atomic E-state index is 13.8. The number of benzene rings is 2. The number of nitrogens with one attached hydrogen (secondary N) is 1. The van der Waals surface area contributed by atoms with E-state index in [1.54, 1.807) is 31.2 Å². The van der Waals surface area contributed by atoms with Crippen molar-refractivity contribution in [2.75, 3.05) is 0 Å². The Labute approximate surface area is 128 Å². The van der Waals surface area contributed by atoms with Crippen LogP contribution in [-0.2, 0) is 6.54 Å². The minimum absolute atomic E-state index is 0.0507. The van der Waals surface area contributed by atoms with E-state index < -0.39 is 11.7 Å². The lowest BCUT2D eigenvalue weighted by atomic mass is 10.1. The first-order valence-electron chi connectivity index (χ1n) is 6.41. The minimum atomic E-state index is -0.487. The number of nitrogens with two attached hydrogens (primary N) is 1. The SMILES string of the molecule is Cc1cccc(C(=O)NCc2ccc(C(N)=S)cc2)c1F. The normalized spacial score (nSPS) is 10.2. The zero-order chi connectivity index (χ0) is 15.4. The van der Waals surface area contributed by atoms with Crippen molar-refractivity contribution in [2.24, 2.45) is 5.73 Å². The second-order valence-electron chi connectivity index (χ2n) is 4.68. The summed E-state index contributed by atoms with van der Waals surface area (Å²) in [4.78, 5) is 12.3. The molecule has 0 saturated carbocycles. The second-order valence-corrected chi connectivity index (χ2v) is 5.12. The van der Waals surface area contributed by atoms with Gasteiger partial charge in [0.05, 0.1) is 5.56 Å². The molecule has 0 atom stereocenters. The molecule has 0 saturated heterocycles. The summed E-state index contributed by atoms with van der Waals surface area (Å²) in [7, 11) is 0. The number of hydrogen-bond acceptors (Lipinski definition) is 2. The predicted octanol–water partition coefficient (Wildman–Crippen LogP) is 2.70. The summed E-state index contributed by atoms with van der Waals surface area (Å²) in [5.41, 5.74) is 7.67. The molecule has 0 heterocycles. The van der Waals surface area contributed by atoms with Crippen LogP contribution in [0.5, 0.6) is 0 Å². The smallest absolute Gasteiger partial charge is 0.254 e. The number of hydrogen-bond donors (Lipinski definition) is 2. The largest absolute Gasteiger partial charge is 0.389 e. The fourth-order valence-corrected chi connectivity index (χ4v) is 2.02. The highest BCUT2D eigenvalue weighted by molar-refractivity contribution is 7.80. The summed E-state index contributed by atoms with van der Waals surface area (Å²) >= 11 is 4.87. The van der Waals surface area contributed by atoms with Gasteiger partial charge in [0.15, 0.2) is 0 Å². The Morgan fingerprint density at radius 1 is 1.24 bits per heavy atom. The zero-order valence-electron chi connectivity index (χ0n) is 11.5. The van der Waals surface area contributed by atoms with Gasteiger partial charge in [0.25, 0.3) is 5.91 Å². The highest BCUT2D eigenvalue weighted by Crippen LogP contribution is 2.12. The molecule has 0 radical (unpaired) electrons. The van der Waals surface area contributed by atoms with E-state index in [-0.39, 0.29) is 5.56 Å². The van der Waals surface area contributed by atoms with E-state index >= 15 is 0 Å². The number of thiocarbonyl (C=S) groups is 1. The maximum Gasteiger partial charge on any atom is 0.254 e. The number of halogens is 1. The molecule has 5 heteroatoms. The van der Waals surface area contributed by atoms with Gasteiger partial charge in [-0.25, -0.2) is 4.39 Å². The Morgan fingerprint density at radius 2 is 1.90 bits per heavy atom. The summed E-state index contributed by atoms with van der Waals surface area (Å²) in [6, 6.07) is 12.0. The van der Waals surface area contributed by atoms with Crippen molar-refractivity contribution < 1.29 is 9.18 Å². The van der Waals surface area contributed by atoms with Crippen molar-refractivity contribution in [2.45, 2.75) is 13.5 Å². The van der Waals surface area contributed by atoms with Gasteiger partial charge in [-0.3, -0.25) is 4.79 Å². The molecule has 0 aliphatic heterocycles. The van der Waals surface area contributed by atoms with E-state index in [0.717, 1.165) is 11.1 Å². The average molecular weight is 302 g/mol. The van der Waals surface area contributed by atoms with Crippen LogP contribution in [0, 0.1) is 12.7 Å². The van der Waals surface area contributed by atoms with E-state index in [9.17, 15) is 9.18 Å². The summed E-state index contributed by atoms with van der Waals surface area (Å²) in [5.74, 6) is -0.923. The minimum Gasteiger partial charge on any atom is -0.389 e. The molecule has 21 heavy (non-hydrogen) atoms.